The van der Waals surface area contributed by atoms with Crippen LogP contribution in [0.4, 0.5) is 0 Å². The molecule has 0 aromatic rings. The number of thioether (sulfide) groups is 1. The van der Waals surface area contributed by atoms with E-state index < -0.39 is 66.2 Å². The minimum atomic E-state index is -1.50. The molecule has 13 nitrogen and oxygen atoms in total. The van der Waals surface area contributed by atoms with Crippen LogP contribution in [0, 0.1) is 5.92 Å². The number of nitrogens with two attached hydrogens (primary N) is 2. The zero-order chi connectivity index (χ0) is 26.4. The summed E-state index contributed by atoms with van der Waals surface area (Å²) >= 11 is 1.47. The third-order valence-electron chi connectivity index (χ3n) is 4.62. The van der Waals surface area contributed by atoms with E-state index in [2.05, 4.69) is 16.0 Å². The minimum absolute atomic E-state index is 0.0979. The van der Waals surface area contributed by atoms with Crippen molar-refractivity contribution in [2.75, 3.05) is 12.0 Å². The summed E-state index contributed by atoms with van der Waals surface area (Å²) in [7, 11) is 0. The highest BCUT2D eigenvalue weighted by Crippen LogP contribution is 2.08. The Bertz CT molecular complexity index is 748. The minimum Gasteiger partial charge on any atom is -0.481 e. The van der Waals surface area contributed by atoms with Gasteiger partial charge < -0.3 is 37.6 Å². The van der Waals surface area contributed by atoms with Crippen LogP contribution in [0.1, 0.15) is 46.0 Å². The van der Waals surface area contributed by atoms with Crippen LogP contribution in [0.5, 0.6) is 0 Å². The number of aliphatic carboxylic acids is 2. The standard InChI is InChI=1S/C20H35N5O8S/c1-10(2)8-13(18(30)23-12(20(32)33)4-5-15(22)26)25-19(31)14(9-16(27)28)24-17(29)11(21)6-7-34-3/h10-14H,4-9,21H2,1-3H3,(H2,22,26)(H,23,30)(H,24,29)(H,25,31)(H,27,28)(H,32,33). The molecule has 0 aromatic carbocycles. The van der Waals surface area contributed by atoms with E-state index >= 15 is 0 Å². The van der Waals surface area contributed by atoms with Crippen LogP contribution in [-0.2, 0) is 28.8 Å². The van der Waals surface area contributed by atoms with E-state index in [4.69, 9.17) is 16.6 Å². The van der Waals surface area contributed by atoms with Gasteiger partial charge in [0.2, 0.25) is 23.6 Å². The number of rotatable bonds is 17. The van der Waals surface area contributed by atoms with Gasteiger partial charge in [-0.1, -0.05) is 13.8 Å². The molecule has 0 saturated heterocycles. The molecule has 34 heavy (non-hydrogen) atoms. The predicted molar refractivity (Wildman–Crippen MR) is 125 cm³/mol. The first-order valence-corrected chi connectivity index (χ1v) is 12.1. The van der Waals surface area contributed by atoms with Crippen molar-refractivity contribution in [3.05, 3.63) is 0 Å². The first-order valence-electron chi connectivity index (χ1n) is 10.7. The zero-order valence-electron chi connectivity index (χ0n) is 19.5. The Morgan fingerprint density at radius 2 is 1.38 bits per heavy atom. The highest BCUT2D eigenvalue weighted by Gasteiger charge is 2.31. The van der Waals surface area contributed by atoms with Gasteiger partial charge >= 0.3 is 11.9 Å². The van der Waals surface area contributed by atoms with Crippen molar-refractivity contribution in [3.63, 3.8) is 0 Å². The first kappa shape index (κ1) is 31.1. The molecule has 4 unspecified atom stereocenters. The van der Waals surface area contributed by atoms with Crippen molar-refractivity contribution < 1.29 is 39.0 Å². The molecule has 0 aliphatic carbocycles. The summed E-state index contributed by atoms with van der Waals surface area (Å²) in [5.41, 5.74) is 10.8. The number of hydrogen-bond acceptors (Lipinski definition) is 8. The summed E-state index contributed by atoms with van der Waals surface area (Å²) in [5, 5.41) is 25.4. The molecule has 194 valence electrons. The normalized spacial score (nSPS) is 14.4. The maximum atomic E-state index is 12.8. The van der Waals surface area contributed by atoms with Crippen LogP contribution < -0.4 is 27.4 Å². The van der Waals surface area contributed by atoms with Crippen LogP contribution in [0.25, 0.3) is 0 Å². The van der Waals surface area contributed by atoms with Gasteiger partial charge in [0.15, 0.2) is 0 Å². The molecule has 14 heteroatoms. The Morgan fingerprint density at radius 1 is 0.853 bits per heavy atom. The molecule has 0 rings (SSSR count). The van der Waals surface area contributed by atoms with E-state index in [-0.39, 0.29) is 25.2 Å². The average Bonchev–Trinajstić information content (AvgIpc) is 2.72. The van der Waals surface area contributed by atoms with Crippen LogP contribution in [-0.4, -0.2) is 82.0 Å². The highest BCUT2D eigenvalue weighted by molar-refractivity contribution is 7.98. The number of carbonyl (C=O) groups is 6. The number of amides is 4. The van der Waals surface area contributed by atoms with Gasteiger partial charge in [-0.25, -0.2) is 4.79 Å². The van der Waals surface area contributed by atoms with E-state index in [1.807, 2.05) is 6.26 Å². The smallest absolute Gasteiger partial charge is 0.326 e. The Hall–Kier alpha value is -2.87. The first-order chi connectivity index (χ1) is 15.8. The van der Waals surface area contributed by atoms with Gasteiger partial charge in [0.25, 0.3) is 0 Å². The largest absolute Gasteiger partial charge is 0.481 e. The Balaban J connectivity index is 5.48. The number of carboxylic acids is 2. The molecule has 0 aliphatic heterocycles. The van der Waals surface area contributed by atoms with Crippen molar-refractivity contribution in [3.8, 4) is 0 Å². The predicted octanol–water partition coefficient (Wildman–Crippen LogP) is -1.61. The van der Waals surface area contributed by atoms with E-state index in [9.17, 15) is 33.9 Å². The summed E-state index contributed by atoms with van der Waals surface area (Å²) in [6, 6.07) is -5.09. The highest BCUT2D eigenvalue weighted by atomic mass is 32.2. The van der Waals surface area contributed by atoms with Gasteiger partial charge in [-0.15, -0.1) is 0 Å². The van der Waals surface area contributed by atoms with Crippen LogP contribution in [0.15, 0.2) is 0 Å². The summed E-state index contributed by atoms with van der Waals surface area (Å²) < 4.78 is 0. The molecule has 0 aliphatic rings. The van der Waals surface area contributed by atoms with Crippen molar-refractivity contribution >= 4 is 47.3 Å². The lowest BCUT2D eigenvalue weighted by Crippen LogP contribution is -2.57. The fourth-order valence-corrected chi connectivity index (χ4v) is 3.32. The van der Waals surface area contributed by atoms with E-state index in [0.29, 0.717) is 12.2 Å². The number of carboxylic acid groups (broad SMARTS) is 2. The van der Waals surface area contributed by atoms with E-state index in [1.165, 1.54) is 11.8 Å². The second kappa shape index (κ2) is 15.9. The average molecular weight is 506 g/mol. The molecule has 0 bridgehead atoms. The summed E-state index contributed by atoms with van der Waals surface area (Å²) in [6.45, 7) is 3.52. The van der Waals surface area contributed by atoms with Gasteiger partial charge in [0, 0.05) is 6.42 Å². The van der Waals surface area contributed by atoms with Crippen LogP contribution in [0.3, 0.4) is 0 Å². The van der Waals surface area contributed by atoms with Gasteiger partial charge in [-0.3, -0.25) is 24.0 Å². The quantitative estimate of drug-likeness (QED) is 0.119. The molecule has 0 saturated carbocycles. The summed E-state index contributed by atoms with van der Waals surface area (Å²) in [4.78, 5) is 71.4. The molecular formula is C20H35N5O8S. The van der Waals surface area contributed by atoms with Crippen molar-refractivity contribution in [1.82, 2.24) is 16.0 Å². The summed E-state index contributed by atoms with van der Waals surface area (Å²) in [6.07, 6.45) is 0.967. The molecular weight excluding hydrogens is 470 g/mol. The van der Waals surface area contributed by atoms with Crippen molar-refractivity contribution in [1.29, 1.82) is 0 Å². The maximum Gasteiger partial charge on any atom is 0.326 e. The third-order valence-corrected chi connectivity index (χ3v) is 5.26. The van der Waals surface area contributed by atoms with Gasteiger partial charge in [-0.2, -0.15) is 11.8 Å². The Kier molecular flexibility index (Phi) is 14.5. The van der Waals surface area contributed by atoms with Gasteiger partial charge in [0.05, 0.1) is 12.5 Å². The molecule has 0 spiro atoms. The Labute approximate surface area is 202 Å². The molecule has 0 fully saturated rings. The molecule has 0 radical (unpaired) electrons. The number of nitrogens with one attached hydrogen (secondary N) is 3. The fraction of sp³-hybridized carbons (Fsp3) is 0.700. The lowest BCUT2D eigenvalue weighted by molar-refractivity contribution is -0.143. The van der Waals surface area contributed by atoms with E-state index in [0.717, 1.165) is 0 Å². The topological polar surface area (TPSA) is 231 Å². The van der Waals surface area contributed by atoms with Crippen molar-refractivity contribution in [2.24, 2.45) is 17.4 Å². The molecule has 9 N–H and O–H groups in total. The second-order valence-corrected chi connectivity index (χ2v) is 9.13. The molecule has 4 atom stereocenters. The SMILES string of the molecule is CSCCC(N)C(=O)NC(CC(=O)O)C(=O)NC(CC(C)C)C(=O)NC(CCC(N)=O)C(=O)O. The second-order valence-electron chi connectivity index (χ2n) is 8.14. The van der Waals surface area contributed by atoms with E-state index in [1.54, 1.807) is 13.8 Å². The fourth-order valence-electron chi connectivity index (χ4n) is 2.83. The van der Waals surface area contributed by atoms with Crippen LogP contribution >= 0.6 is 11.8 Å². The van der Waals surface area contributed by atoms with Gasteiger partial charge in [-0.05, 0) is 37.2 Å². The van der Waals surface area contributed by atoms with Gasteiger partial charge in [0.1, 0.15) is 18.1 Å². The van der Waals surface area contributed by atoms with Crippen LogP contribution in [0.2, 0.25) is 0 Å². The zero-order valence-corrected chi connectivity index (χ0v) is 20.4. The number of primary amides is 1. The molecule has 4 amide bonds. The third kappa shape index (κ3) is 13.0. The molecule has 0 heterocycles. The summed E-state index contributed by atoms with van der Waals surface area (Å²) in [5.74, 6) is -5.50. The molecule has 0 aromatic heterocycles. The lowest BCUT2D eigenvalue weighted by Gasteiger charge is -2.25. The Morgan fingerprint density at radius 3 is 1.85 bits per heavy atom. The van der Waals surface area contributed by atoms with Crippen molar-refractivity contribution in [2.45, 2.75) is 70.1 Å². The lowest BCUT2D eigenvalue weighted by atomic mass is 10.0. The monoisotopic (exact) mass is 505 g/mol. The number of carbonyl (C=O) groups excluding carboxylic acids is 4. The maximum absolute atomic E-state index is 12.8. The number of hydrogen-bond donors (Lipinski definition) is 7.